The Morgan fingerprint density at radius 2 is 2.31 bits per heavy atom. The van der Waals surface area contributed by atoms with E-state index in [-0.39, 0.29) is 10.9 Å². The van der Waals surface area contributed by atoms with E-state index in [1.807, 2.05) is 6.92 Å². The van der Waals surface area contributed by atoms with Crippen LogP contribution in [0, 0.1) is 11.7 Å². The van der Waals surface area contributed by atoms with Crippen LogP contribution in [0.15, 0.2) is 18.2 Å². The number of hydrogen-bond donors (Lipinski definition) is 0. The summed E-state index contributed by atoms with van der Waals surface area (Å²) < 4.78 is 12.7. The SMILES string of the molecule is CC(C=O)Cc1ccc(F)c(Cl)c1. The predicted molar refractivity (Wildman–Crippen MR) is 50.3 cm³/mol. The monoisotopic (exact) mass is 200 g/mol. The van der Waals surface area contributed by atoms with Crippen LogP contribution < -0.4 is 0 Å². The second-order valence-electron chi connectivity index (χ2n) is 3.07. The van der Waals surface area contributed by atoms with E-state index in [9.17, 15) is 9.18 Å². The number of rotatable bonds is 3. The molecule has 0 aliphatic heterocycles. The molecule has 0 fully saturated rings. The summed E-state index contributed by atoms with van der Waals surface area (Å²) in [6.07, 6.45) is 1.47. The molecule has 0 saturated heterocycles. The van der Waals surface area contributed by atoms with Gasteiger partial charge in [-0.3, -0.25) is 0 Å². The first-order valence-electron chi connectivity index (χ1n) is 4.02. The summed E-state index contributed by atoms with van der Waals surface area (Å²) in [6, 6.07) is 4.51. The van der Waals surface area contributed by atoms with Crippen LogP contribution in [-0.4, -0.2) is 6.29 Å². The van der Waals surface area contributed by atoms with Gasteiger partial charge in [0.15, 0.2) is 0 Å². The zero-order valence-corrected chi connectivity index (χ0v) is 8.01. The van der Waals surface area contributed by atoms with Crippen LogP contribution in [0.3, 0.4) is 0 Å². The Morgan fingerprint density at radius 3 is 2.85 bits per heavy atom. The van der Waals surface area contributed by atoms with E-state index in [4.69, 9.17) is 11.6 Å². The van der Waals surface area contributed by atoms with Gasteiger partial charge in [0.05, 0.1) is 5.02 Å². The molecule has 0 aliphatic carbocycles. The molecule has 3 heteroatoms. The number of benzene rings is 1. The van der Waals surface area contributed by atoms with E-state index >= 15 is 0 Å². The van der Waals surface area contributed by atoms with E-state index in [0.29, 0.717) is 6.42 Å². The zero-order valence-electron chi connectivity index (χ0n) is 7.26. The van der Waals surface area contributed by atoms with Gasteiger partial charge in [0, 0.05) is 5.92 Å². The maximum absolute atomic E-state index is 12.7. The quantitative estimate of drug-likeness (QED) is 0.686. The second kappa shape index (κ2) is 4.38. The van der Waals surface area contributed by atoms with E-state index in [1.165, 1.54) is 6.07 Å². The highest BCUT2D eigenvalue weighted by Crippen LogP contribution is 2.17. The Balaban J connectivity index is 2.79. The van der Waals surface area contributed by atoms with Gasteiger partial charge in [0.25, 0.3) is 0 Å². The first-order chi connectivity index (χ1) is 6.13. The van der Waals surface area contributed by atoms with Crippen molar-refractivity contribution in [1.29, 1.82) is 0 Å². The molecule has 1 nitrogen and oxygen atoms in total. The molecule has 13 heavy (non-hydrogen) atoms. The highest BCUT2D eigenvalue weighted by molar-refractivity contribution is 6.30. The number of hydrogen-bond acceptors (Lipinski definition) is 1. The van der Waals surface area contributed by atoms with Crippen molar-refractivity contribution in [3.05, 3.63) is 34.6 Å². The fourth-order valence-corrected chi connectivity index (χ4v) is 1.29. The third kappa shape index (κ3) is 2.81. The van der Waals surface area contributed by atoms with Gasteiger partial charge in [-0.25, -0.2) is 4.39 Å². The lowest BCUT2D eigenvalue weighted by molar-refractivity contribution is -0.110. The summed E-state index contributed by atoms with van der Waals surface area (Å²) in [5.74, 6) is -0.481. The largest absolute Gasteiger partial charge is 0.303 e. The van der Waals surface area contributed by atoms with Gasteiger partial charge in [0.1, 0.15) is 12.1 Å². The molecule has 0 radical (unpaired) electrons. The van der Waals surface area contributed by atoms with Crippen molar-refractivity contribution >= 4 is 17.9 Å². The molecule has 1 unspecified atom stereocenters. The van der Waals surface area contributed by atoms with Gasteiger partial charge in [0.2, 0.25) is 0 Å². The summed E-state index contributed by atoms with van der Waals surface area (Å²) in [6.45, 7) is 1.81. The molecular weight excluding hydrogens is 191 g/mol. The van der Waals surface area contributed by atoms with Crippen LogP contribution in [0.25, 0.3) is 0 Å². The van der Waals surface area contributed by atoms with Crippen molar-refractivity contribution in [1.82, 2.24) is 0 Å². The maximum Gasteiger partial charge on any atom is 0.141 e. The van der Waals surface area contributed by atoms with Crippen molar-refractivity contribution in [2.24, 2.45) is 5.92 Å². The molecule has 0 aliphatic rings. The predicted octanol–water partition coefficient (Wildman–Crippen LogP) is 2.86. The summed E-state index contributed by atoms with van der Waals surface area (Å²) in [5.41, 5.74) is 0.881. The molecule has 0 saturated carbocycles. The van der Waals surface area contributed by atoms with Gasteiger partial charge >= 0.3 is 0 Å². The first kappa shape index (κ1) is 10.2. The third-order valence-corrected chi connectivity index (χ3v) is 2.06. The van der Waals surface area contributed by atoms with Crippen molar-refractivity contribution in [3.8, 4) is 0 Å². The molecule has 0 spiro atoms. The number of halogens is 2. The fourth-order valence-electron chi connectivity index (χ4n) is 1.09. The van der Waals surface area contributed by atoms with Gasteiger partial charge in [-0.05, 0) is 24.1 Å². The van der Waals surface area contributed by atoms with Crippen LogP contribution in [0.2, 0.25) is 5.02 Å². The van der Waals surface area contributed by atoms with E-state index in [1.54, 1.807) is 12.1 Å². The minimum atomic E-state index is -0.427. The van der Waals surface area contributed by atoms with E-state index in [0.717, 1.165) is 11.8 Å². The zero-order chi connectivity index (χ0) is 9.84. The fraction of sp³-hybridized carbons (Fsp3) is 0.300. The minimum Gasteiger partial charge on any atom is -0.303 e. The lowest BCUT2D eigenvalue weighted by atomic mass is 10.0. The van der Waals surface area contributed by atoms with Gasteiger partial charge in [-0.2, -0.15) is 0 Å². The molecule has 1 atom stereocenters. The molecule has 70 valence electrons. The average molecular weight is 201 g/mol. The Hall–Kier alpha value is -0.890. The van der Waals surface area contributed by atoms with Gasteiger partial charge in [-0.1, -0.05) is 24.6 Å². The molecule has 1 rings (SSSR count). The van der Waals surface area contributed by atoms with Gasteiger partial charge in [-0.15, -0.1) is 0 Å². The Kier molecular flexibility index (Phi) is 3.43. The van der Waals surface area contributed by atoms with Crippen molar-refractivity contribution in [2.45, 2.75) is 13.3 Å². The van der Waals surface area contributed by atoms with Crippen molar-refractivity contribution in [3.63, 3.8) is 0 Å². The standard InChI is InChI=1S/C10H10ClFO/c1-7(6-13)4-8-2-3-10(12)9(11)5-8/h2-3,5-7H,4H2,1H3. The van der Waals surface area contributed by atoms with Gasteiger partial charge < -0.3 is 4.79 Å². The van der Waals surface area contributed by atoms with Crippen LogP contribution in [0.1, 0.15) is 12.5 Å². The Morgan fingerprint density at radius 1 is 1.62 bits per heavy atom. The molecule has 0 heterocycles. The molecule has 0 amide bonds. The molecule has 1 aromatic carbocycles. The number of carbonyl (C=O) groups is 1. The molecule has 1 aromatic rings. The maximum atomic E-state index is 12.7. The molecular formula is C10H10ClFO. The van der Waals surface area contributed by atoms with Crippen LogP contribution in [-0.2, 0) is 11.2 Å². The summed E-state index contributed by atoms with van der Waals surface area (Å²) in [5, 5.41) is 0.107. The smallest absolute Gasteiger partial charge is 0.141 e. The van der Waals surface area contributed by atoms with Crippen LogP contribution in [0.5, 0.6) is 0 Å². The van der Waals surface area contributed by atoms with Crippen LogP contribution in [0.4, 0.5) is 4.39 Å². The summed E-state index contributed by atoms with van der Waals surface area (Å²) in [4.78, 5) is 10.4. The highest BCUT2D eigenvalue weighted by atomic mass is 35.5. The normalized spacial score (nSPS) is 12.5. The van der Waals surface area contributed by atoms with Crippen LogP contribution >= 0.6 is 11.6 Å². The number of carbonyl (C=O) groups excluding carboxylic acids is 1. The molecule has 0 bridgehead atoms. The van der Waals surface area contributed by atoms with Crippen molar-refractivity contribution < 1.29 is 9.18 Å². The lowest BCUT2D eigenvalue weighted by Crippen LogP contribution is -2.00. The average Bonchev–Trinajstić information content (AvgIpc) is 2.11. The topological polar surface area (TPSA) is 17.1 Å². The Bertz CT molecular complexity index is 312. The summed E-state index contributed by atoms with van der Waals surface area (Å²) >= 11 is 5.58. The Labute approximate surface area is 81.5 Å². The minimum absolute atomic E-state index is 0.0541. The number of aldehydes is 1. The molecule has 0 N–H and O–H groups in total. The lowest BCUT2D eigenvalue weighted by Gasteiger charge is -2.04. The summed E-state index contributed by atoms with van der Waals surface area (Å²) in [7, 11) is 0. The van der Waals surface area contributed by atoms with E-state index in [2.05, 4.69) is 0 Å². The first-order valence-corrected chi connectivity index (χ1v) is 4.40. The van der Waals surface area contributed by atoms with E-state index < -0.39 is 5.82 Å². The second-order valence-corrected chi connectivity index (χ2v) is 3.47. The van der Waals surface area contributed by atoms with Crippen molar-refractivity contribution in [2.75, 3.05) is 0 Å². The highest BCUT2D eigenvalue weighted by Gasteiger charge is 2.04. The third-order valence-electron chi connectivity index (χ3n) is 1.77. The molecule has 0 aromatic heterocycles.